The Labute approximate surface area is 178 Å². The van der Waals surface area contributed by atoms with Crippen molar-refractivity contribution in [3.05, 3.63) is 48.8 Å². The predicted octanol–water partition coefficient (Wildman–Crippen LogP) is 3.87. The minimum absolute atomic E-state index is 0. The van der Waals surface area contributed by atoms with Crippen LogP contribution in [0.15, 0.2) is 58.7 Å². The molecule has 1 aromatic carbocycles. The number of nitrogens with one attached hydrogen (secondary N) is 2. The first kappa shape index (κ1) is 22.8. The molecule has 2 aromatic rings. The Morgan fingerprint density at radius 2 is 1.96 bits per heavy atom. The Hall–Kier alpha value is -1.22. The number of nitrogens with zero attached hydrogens (tertiary/aromatic N) is 3. The highest BCUT2D eigenvalue weighted by Crippen LogP contribution is 2.21. The van der Waals surface area contributed by atoms with E-state index in [9.17, 15) is 0 Å². The van der Waals surface area contributed by atoms with E-state index in [1.807, 2.05) is 41.0 Å². The lowest BCUT2D eigenvalue weighted by Crippen LogP contribution is -2.40. The molecule has 26 heavy (non-hydrogen) atoms. The summed E-state index contributed by atoms with van der Waals surface area (Å²) in [7, 11) is 0. The molecule has 5 nitrogen and oxygen atoms in total. The predicted molar refractivity (Wildman–Crippen MR) is 123 cm³/mol. The molecule has 0 saturated carbocycles. The van der Waals surface area contributed by atoms with E-state index >= 15 is 0 Å². The molecule has 0 radical (unpaired) electrons. The maximum absolute atomic E-state index is 4.72. The van der Waals surface area contributed by atoms with Crippen LogP contribution in [0.4, 0.5) is 0 Å². The second kappa shape index (κ2) is 13.0. The minimum atomic E-state index is 0. The first-order valence-electron chi connectivity index (χ1n) is 8.88. The van der Waals surface area contributed by atoms with Gasteiger partial charge in [-0.2, -0.15) is 5.10 Å². The van der Waals surface area contributed by atoms with Gasteiger partial charge < -0.3 is 10.6 Å². The number of halogens is 1. The van der Waals surface area contributed by atoms with Crippen LogP contribution in [0.5, 0.6) is 0 Å². The van der Waals surface area contributed by atoms with E-state index in [1.165, 1.54) is 4.90 Å². The van der Waals surface area contributed by atoms with Gasteiger partial charge in [-0.1, -0.05) is 32.0 Å². The monoisotopic (exact) mass is 487 g/mol. The molecule has 2 atom stereocenters. The SMILES string of the molecule is CCNC(=NCC(C)Cn1cccn1)NCC(C)Sc1ccccc1.I. The van der Waals surface area contributed by atoms with Gasteiger partial charge in [-0.25, -0.2) is 0 Å². The zero-order valence-corrected chi connectivity index (χ0v) is 18.9. The lowest BCUT2D eigenvalue weighted by atomic mass is 10.2. The topological polar surface area (TPSA) is 54.2 Å². The molecule has 0 amide bonds. The summed E-state index contributed by atoms with van der Waals surface area (Å²) in [6.07, 6.45) is 3.81. The average Bonchev–Trinajstić information content (AvgIpc) is 3.11. The third kappa shape index (κ3) is 8.93. The van der Waals surface area contributed by atoms with E-state index in [0.29, 0.717) is 11.2 Å². The molecule has 0 fully saturated rings. The summed E-state index contributed by atoms with van der Waals surface area (Å²) < 4.78 is 1.96. The van der Waals surface area contributed by atoms with Crippen LogP contribution in [0.1, 0.15) is 20.8 Å². The number of benzene rings is 1. The van der Waals surface area contributed by atoms with E-state index in [0.717, 1.165) is 32.1 Å². The van der Waals surface area contributed by atoms with Crippen LogP contribution in [-0.4, -0.2) is 40.6 Å². The Balaban J connectivity index is 0.00000338. The summed E-state index contributed by atoms with van der Waals surface area (Å²) in [5.74, 6) is 1.32. The molecule has 1 heterocycles. The van der Waals surface area contributed by atoms with Gasteiger partial charge >= 0.3 is 0 Å². The van der Waals surface area contributed by atoms with Crippen LogP contribution in [0.2, 0.25) is 0 Å². The lowest BCUT2D eigenvalue weighted by Gasteiger charge is -2.16. The quantitative estimate of drug-likeness (QED) is 0.244. The fraction of sp³-hybridized carbons (Fsp3) is 0.474. The number of thioether (sulfide) groups is 1. The summed E-state index contributed by atoms with van der Waals surface area (Å²) in [6, 6.07) is 12.5. The van der Waals surface area contributed by atoms with Crippen molar-refractivity contribution in [3.63, 3.8) is 0 Å². The summed E-state index contributed by atoms with van der Waals surface area (Å²) in [5, 5.41) is 11.5. The molecule has 0 spiro atoms. The zero-order valence-electron chi connectivity index (χ0n) is 15.8. The Bertz CT molecular complexity index is 618. The van der Waals surface area contributed by atoms with Crippen molar-refractivity contribution in [2.75, 3.05) is 19.6 Å². The molecule has 1 aromatic heterocycles. The minimum Gasteiger partial charge on any atom is -0.357 e. The van der Waals surface area contributed by atoms with Crippen molar-refractivity contribution in [1.82, 2.24) is 20.4 Å². The van der Waals surface area contributed by atoms with Crippen molar-refractivity contribution < 1.29 is 0 Å². The first-order valence-corrected chi connectivity index (χ1v) is 9.76. The Morgan fingerprint density at radius 3 is 2.62 bits per heavy atom. The molecule has 7 heteroatoms. The number of hydrogen-bond acceptors (Lipinski definition) is 3. The fourth-order valence-electron chi connectivity index (χ4n) is 2.39. The maximum atomic E-state index is 4.72. The summed E-state index contributed by atoms with van der Waals surface area (Å²) in [4.78, 5) is 6.01. The van der Waals surface area contributed by atoms with Crippen molar-refractivity contribution in [3.8, 4) is 0 Å². The van der Waals surface area contributed by atoms with E-state index < -0.39 is 0 Å². The molecule has 0 aliphatic carbocycles. The van der Waals surface area contributed by atoms with Gasteiger partial charge in [0.15, 0.2) is 5.96 Å². The average molecular weight is 487 g/mol. The van der Waals surface area contributed by atoms with E-state index in [1.54, 1.807) is 0 Å². The van der Waals surface area contributed by atoms with Crippen LogP contribution < -0.4 is 10.6 Å². The molecule has 0 aliphatic heterocycles. The van der Waals surface area contributed by atoms with Crippen LogP contribution in [-0.2, 0) is 6.54 Å². The normalized spacial score (nSPS) is 13.6. The number of aromatic nitrogens is 2. The van der Waals surface area contributed by atoms with Gasteiger partial charge in [-0.05, 0) is 31.0 Å². The molecule has 0 bridgehead atoms. The highest BCUT2D eigenvalue weighted by atomic mass is 127. The van der Waals surface area contributed by atoms with Crippen molar-refractivity contribution in [2.45, 2.75) is 37.5 Å². The zero-order chi connectivity index (χ0) is 17.9. The Kier molecular flexibility index (Phi) is 11.4. The van der Waals surface area contributed by atoms with Gasteiger partial charge in [0, 0.05) is 48.7 Å². The number of guanidine groups is 1. The van der Waals surface area contributed by atoms with Gasteiger partial charge in [-0.3, -0.25) is 9.67 Å². The van der Waals surface area contributed by atoms with Gasteiger partial charge in [0.2, 0.25) is 0 Å². The van der Waals surface area contributed by atoms with Crippen LogP contribution in [0.3, 0.4) is 0 Å². The van der Waals surface area contributed by atoms with Gasteiger partial charge in [0.05, 0.1) is 0 Å². The molecule has 144 valence electrons. The Morgan fingerprint density at radius 1 is 1.19 bits per heavy atom. The molecule has 0 saturated heterocycles. The van der Waals surface area contributed by atoms with Gasteiger partial charge in [-0.15, -0.1) is 35.7 Å². The third-order valence-electron chi connectivity index (χ3n) is 3.60. The van der Waals surface area contributed by atoms with E-state index in [-0.39, 0.29) is 24.0 Å². The number of aliphatic imine (C=N–C) groups is 1. The first-order chi connectivity index (χ1) is 12.2. The van der Waals surface area contributed by atoms with E-state index in [4.69, 9.17) is 4.99 Å². The summed E-state index contributed by atoms with van der Waals surface area (Å²) in [6.45, 7) is 9.91. The van der Waals surface area contributed by atoms with Crippen molar-refractivity contribution in [1.29, 1.82) is 0 Å². The van der Waals surface area contributed by atoms with Gasteiger partial charge in [0.25, 0.3) is 0 Å². The van der Waals surface area contributed by atoms with Crippen LogP contribution in [0.25, 0.3) is 0 Å². The highest BCUT2D eigenvalue weighted by Gasteiger charge is 2.07. The third-order valence-corrected chi connectivity index (χ3v) is 4.71. The second-order valence-electron chi connectivity index (χ2n) is 6.18. The lowest BCUT2D eigenvalue weighted by molar-refractivity contribution is 0.458. The van der Waals surface area contributed by atoms with Crippen molar-refractivity contribution >= 4 is 41.7 Å². The van der Waals surface area contributed by atoms with Crippen molar-refractivity contribution in [2.24, 2.45) is 10.9 Å². The molecule has 2 N–H and O–H groups in total. The number of rotatable bonds is 9. The molecule has 2 rings (SSSR count). The van der Waals surface area contributed by atoms with Gasteiger partial charge in [0.1, 0.15) is 0 Å². The van der Waals surface area contributed by atoms with E-state index in [2.05, 4.69) is 60.8 Å². The molecular weight excluding hydrogens is 457 g/mol. The molecule has 2 unspecified atom stereocenters. The summed E-state index contributed by atoms with van der Waals surface area (Å²) >= 11 is 1.87. The second-order valence-corrected chi connectivity index (χ2v) is 7.69. The smallest absolute Gasteiger partial charge is 0.191 e. The number of hydrogen-bond donors (Lipinski definition) is 2. The van der Waals surface area contributed by atoms with Crippen LogP contribution in [0, 0.1) is 5.92 Å². The molecule has 0 aliphatic rings. The maximum Gasteiger partial charge on any atom is 0.191 e. The standard InChI is InChI=1S/C19H29N5S.HI/c1-4-20-19(21-13-16(2)15-24-12-8-11-23-24)22-14-17(3)25-18-9-6-5-7-10-18;/h5-12,16-17H,4,13-15H2,1-3H3,(H2,20,21,22);1H. The van der Waals surface area contributed by atoms with Crippen LogP contribution >= 0.6 is 35.7 Å². The highest BCUT2D eigenvalue weighted by molar-refractivity contribution is 14.0. The summed E-state index contributed by atoms with van der Waals surface area (Å²) in [5.41, 5.74) is 0. The largest absolute Gasteiger partial charge is 0.357 e. The molecular formula is C19H30IN5S. The fourth-order valence-corrected chi connectivity index (χ4v) is 3.33.